The van der Waals surface area contributed by atoms with E-state index >= 15 is 0 Å². The number of ether oxygens (including phenoxy) is 1. The van der Waals surface area contributed by atoms with Gasteiger partial charge in [0.25, 0.3) is 0 Å². The number of rotatable bonds is 8. The standard InChI is InChI=1S/C19H27N3O4.ClH/c1-5-25-14-8-6-7-13-9-15(26-18(13)14)12(4)22-16(23)10-21-19(24)17(20)11(2)3;/h6-9,11-12,17H,5,10,20H2,1-4H3,(H,21,24)(H,22,23);1H/t12?,17-;/m0./s1. The summed E-state index contributed by atoms with van der Waals surface area (Å²) in [5.74, 6) is 0.641. The van der Waals surface area contributed by atoms with Gasteiger partial charge in [-0.3, -0.25) is 9.59 Å². The largest absolute Gasteiger partial charge is 0.490 e. The molecule has 27 heavy (non-hydrogen) atoms. The molecule has 2 atom stereocenters. The highest BCUT2D eigenvalue weighted by atomic mass is 35.5. The summed E-state index contributed by atoms with van der Waals surface area (Å²) in [5.41, 5.74) is 6.40. The Balaban J connectivity index is 0.00000364. The van der Waals surface area contributed by atoms with E-state index in [1.165, 1.54) is 0 Å². The Morgan fingerprint density at radius 2 is 1.96 bits per heavy atom. The zero-order valence-electron chi connectivity index (χ0n) is 16.1. The topological polar surface area (TPSA) is 107 Å². The average molecular weight is 398 g/mol. The summed E-state index contributed by atoms with van der Waals surface area (Å²) >= 11 is 0. The van der Waals surface area contributed by atoms with Crippen molar-refractivity contribution in [3.63, 3.8) is 0 Å². The van der Waals surface area contributed by atoms with Crippen molar-refractivity contribution < 1.29 is 18.7 Å². The first-order valence-corrected chi connectivity index (χ1v) is 8.81. The summed E-state index contributed by atoms with van der Waals surface area (Å²) in [5, 5.41) is 6.26. The van der Waals surface area contributed by atoms with Crippen molar-refractivity contribution in [3.05, 3.63) is 30.0 Å². The predicted molar refractivity (Wildman–Crippen MR) is 107 cm³/mol. The molecule has 0 saturated carbocycles. The van der Waals surface area contributed by atoms with Gasteiger partial charge in [-0.1, -0.05) is 26.0 Å². The van der Waals surface area contributed by atoms with Crippen molar-refractivity contribution in [1.82, 2.24) is 10.6 Å². The van der Waals surface area contributed by atoms with Crippen LogP contribution < -0.4 is 21.1 Å². The van der Waals surface area contributed by atoms with Gasteiger partial charge in [-0.15, -0.1) is 12.4 Å². The third-order valence-corrected chi connectivity index (χ3v) is 4.08. The lowest BCUT2D eigenvalue weighted by Crippen LogP contribution is -2.47. The van der Waals surface area contributed by atoms with Gasteiger partial charge in [0, 0.05) is 5.39 Å². The van der Waals surface area contributed by atoms with Crippen molar-refractivity contribution in [1.29, 1.82) is 0 Å². The molecule has 4 N–H and O–H groups in total. The molecule has 1 unspecified atom stereocenters. The first kappa shape index (κ1) is 22.8. The first-order chi connectivity index (χ1) is 12.3. The van der Waals surface area contributed by atoms with Crippen LogP contribution in [0.3, 0.4) is 0 Å². The SMILES string of the molecule is CCOc1cccc2cc(C(C)NC(=O)CNC(=O)[C@@H](N)C(C)C)oc12.Cl. The first-order valence-electron chi connectivity index (χ1n) is 8.81. The highest BCUT2D eigenvalue weighted by molar-refractivity contribution is 5.88. The van der Waals surface area contributed by atoms with Crippen LogP contribution in [0.15, 0.2) is 28.7 Å². The van der Waals surface area contributed by atoms with E-state index in [4.69, 9.17) is 14.9 Å². The molecule has 1 aromatic heterocycles. The van der Waals surface area contributed by atoms with Crippen molar-refractivity contribution in [2.45, 2.75) is 39.8 Å². The Morgan fingerprint density at radius 3 is 2.59 bits per heavy atom. The zero-order valence-corrected chi connectivity index (χ0v) is 16.9. The zero-order chi connectivity index (χ0) is 19.3. The van der Waals surface area contributed by atoms with E-state index in [1.54, 1.807) is 0 Å². The van der Waals surface area contributed by atoms with Crippen LogP contribution in [-0.4, -0.2) is 31.0 Å². The number of para-hydroxylation sites is 1. The molecular weight excluding hydrogens is 370 g/mol. The van der Waals surface area contributed by atoms with Gasteiger partial charge in [0.05, 0.1) is 25.2 Å². The Morgan fingerprint density at radius 1 is 1.26 bits per heavy atom. The van der Waals surface area contributed by atoms with Gasteiger partial charge in [0.15, 0.2) is 11.3 Å². The molecule has 2 rings (SSSR count). The lowest BCUT2D eigenvalue weighted by molar-refractivity contribution is -0.127. The third kappa shape index (κ3) is 5.87. The second kappa shape index (κ2) is 10.2. The highest BCUT2D eigenvalue weighted by Crippen LogP contribution is 2.31. The van der Waals surface area contributed by atoms with Gasteiger partial charge in [-0.2, -0.15) is 0 Å². The lowest BCUT2D eigenvalue weighted by atomic mass is 10.1. The molecule has 0 aliphatic rings. The number of amides is 2. The van der Waals surface area contributed by atoms with Crippen LogP contribution in [-0.2, 0) is 9.59 Å². The summed E-state index contributed by atoms with van der Waals surface area (Å²) in [4.78, 5) is 23.9. The minimum absolute atomic E-state index is 0. The smallest absolute Gasteiger partial charge is 0.239 e. The number of hydrogen-bond acceptors (Lipinski definition) is 5. The van der Waals surface area contributed by atoms with Gasteiger partial charge in [-0.25, -0.2) is 0 Å². The van der Waals surface area contributed by atoms with Gasteiger partial charge >= 0.3 is 0 Å². The van der Waals surface area contributed by atoms with Crippen molar-refractivity contribution in [3.8, 4) is 5.75 Å². The monoisotopic (exact) mass is 397 g/mol. The molecule has 1 heterocycles. The maximum absolute atomic E-state index is 12.1. The van der Waals surface area contributed by atoms with Crippen molar-refractivity contribution in [2.24, 2.45) is 11.7 Å². The van der Waals surface area contributed by atoms with Gasteiger partial charge < -0.3 is 25.5 Å². The van der Waals surface area contributed by atoms with E-state index in [9.17, 15) is 9.59 Å². The summed E-state index contributed by atoms with van der Waals surface area (Å²) in [6.45, 7) is 7.84. The van der Waals surface area contributed by atoms with Gasteiger partial charge in [0.2, 0.25) is 11.8 Å². The van der Waals surface area contributed by atoms with Crippen molar-refractivity contribution >= 4 is 35.2 Å². The molecule has 2 aromatic rings. The van der Waals surface area contributed by atoms with E-state index in [1.807, 2.05) is 52.0 Å². The Hall–Kier alpha value is -2.25. The van der Waals surface area contributed by atoms with E-state index in [0.29, 0.717) is 23.7 Å². The number of halogens is 1. The number of nitrogens with one attached hydrogen (secondary N) is 2. The molecule has 0 aliphatic heterocycles. The molecule has 1 aromatic carbocycles. The minimum atomic E-state index is -0.632. The average Bonchev–Trinajstić information content (AvgIpc) is 3.04. The fourth-order valence-corrected chi connectivity index (χ4v) is 2.49. The number of fused-ring (bicyclic) bond motifs is 1. The summed E-state index contributed by atoms with van der Waals surface area (Å²) in [6, 6.07) is 6.55. The second-order valence-electron chi connectivity index (χ2n) is 6.53. The molecule has 7 nitrogen and oxygen atoms in total. The van der Waals surface area contributed by atoms with Crippen LogP contribution >= 0.6 is 12.4 Å². The van der Waals surface area contributed by atoms with Crippen LogP contribution in [0.25, 0.3) is 11.0 Å². The van der Waals surface area contributed by atoms with E-state index < -0.39 is 6.04 Å². The fourth-order valence-electron chi connectivity index (χ4n) is 2.49. The molecule has 150 valence electrons. The molecule has 0 bridgehead atoms. The Bertz CT molecular complexity index is 775. The normalized spacial score (nSPS) is 13.0. The fraction of sp³-hybridized carbons (Fsp3) is 0.474. The summed E-state index contributed by atoms with van der Waals surface area (Å²) in [7, 11) is 0. The van der Waals surface area contributed by atoms with Crippen LogP contribution in [0, 0.1) is 5.92 Å². The summed E-state index contributed by atoms with van der Waals surface area (Å²) in [6.07, 6.45) is 0. The maximum Gasteiger partial charge on any atom is 0.239 e. The molecule has 0 aliphatic carbocycles. The van der Waals surface area contributed by atoms with Crippen LogP contribution in [0.1, 0.15) is 39.5 Å². The predicted octanol–water partition coefficient (Wildman–Crippen LogP) is 2.53. The number of furan rings is 1. The number of hydrogen-bond donors (Lipinski definition) is 3. The summed E-state index contributed by atoms with van der Waals surface area (Å²) < 4.78 is 11.4. The number of nitrogens with two attached hydrogens (primary N) is 1. The van der Waals surface area contributed by atoms with Crippen LogP contribution in [0.4, 0.5) is 0 Å². The number of carbonyl (C=O) groups excluding carboxylic acids is 2. The molecule has 0 spiro atoms. The highest BCUT2D eigenvalue weighted by Gasteiger charge is 2.19. The van der Waals surface area contributed by atoms with E-state index in [-0.39, 0.29) is 42.7 Å². The van der Waals surface area contributed by atoms with Crippen LogP contribution in [0.2, 0.25) is 0 Å². The van der Waals surface area contributed by atoms with E-state index in [0.717, 1.165) is 5.39 Å². The minimum Gasteiger partial charge on any atom is -0.490 e. The molecule has 2 amide bonds. The molecular formula is C19H28ClN3O4. The lowest BCUT2D eigenvalue weighted by Gasteiger charge is -2.16. The van der Waals surface area contributed by atoms with E-state index in [2.05, 4.69) is 10.6 Å². The number of carbonyl (C=O) groups is 2. The molecule has 0 fully saturated rings. The van der Waals surface area contributed by atoms with Crippen LogP contribution in [0.5, 0.6) is 5.75 Å². The van der Waals surface area contributed by atoms with Crippen molar-refractivity contribution in [2.75, 3.05) is 13.2 Å². The second-order valence-corrected chi connectivity index (χ2v) is 6.53. The van der Waals surface area contributed by atoms with Gasteiger partial charge in [-0.05, 0) is 31.9 Å². The molecule has 0 saturated heterocycles. The molecule has 0 radical (unpaired) electrons. The quantitative estimate of drug-likeness (QED) is 0.634. The number of benzene rings is 1. The Kier molecular flexibility index (Phi) is 8.59. The Labute approximate surface area is 165 Å². The van der Waals surface area contributed by atoms with Gasteiger partial charge in [0.1, 0.15) is 5.76 Å². The molecule has 8 heteroatoms. The maximum atomic E-state index is 12.1. The third-order valence-electron chi connectivity index (χ3n) is 4.08.